The van der Waals surface area contributed by atoms with Crippen molar-refractivity contribution < 1.29 is 9.32 Å². The summed E-state index contributed by atoms with van der Waals surface area (Å²) < 4.78 is 5.15. The number of fused-ring (bicyclic) bond motifs is 2. The molecule has 0 aliphatic heterocycles. The zero-order valence-corrected chi connectivity index (χ0v) is 13.1. The van der Waals surface area contributed by atoms with Gasteiger partial charge in [-0.15, -0.1) is 0 Å². The number of aryl methyl sites for hydroxylation is 2. The van der Waals surface area contributed by atoms with Gasteiger partial charge in [0.1, 0.15) is 5.76 Å². The van der Waals surface area contributed by atoms with Crippen LogP contribution in [-0.4, -0.2) is 17.7 Å². The Morgan fingerprint density at radius 2 is 2.19 bits per heavy atom. The third-order valence-electron chi connectivity index (χ3n) is 5.28. The Bertz CT molecular complexity index is 506. The third-order valence-corrected chi connectivity index (χ3v) is 5.28. The Morgan fingerprint density at radius 1 is 1.38 bits per heavy atom. The Balaban J connectivity index is 1.48. The smallest absolute Gasteiger partial charge is 0.315 e. The number of nitrogens with one attached hydrogen (secondary N) is 2. The van der Waals surface area contributed by atoms with Gasteiger partial charge < -0.3 is 15.2 Å². The lowest BCUT2D eigenvalue weighted by molar-refractivity contribution is 0.231. The summed E-state index contributed by atoms with van der Waals surface area (Å²) >= 11 is 0. The van der Waals surface area contributed by atoms with Crippen molar-refractivity contribution in [1.82, 2.24) is 15.8 Å². The molecule has 1 aromatic heterocycles. The van der Waals surface area contributed by atoms with Crippen molar-refractivity contribution >= 4 is 6.03 Å². The molecule has 2 N–H and O–H groups in total. The Labute approximate surface area is 125 Å². The number of hydrogen-bond acceptors (Lipinski definition) is 3. The standard InChI is InChI=1S/C16H25N3O2/c1-9(15-10(2)19-21-11(15)3)18-16(20)17-8-14-7-12-4-5-13(14)6-12/h9,12-14H,4-8H2,1-3H3,(H2,17,18,20)/t9-,12-,13-,14-/m0/s1. The molecular formula is C16H25N3O2. The molecule has 116 valence electrons. The second kappa shape index (κ2) is 5.70. The fourth-order valence-corrected chi connectivity index (χ4v) is 4.28. The van der Waals surface area contributed by atoms with Crippen molar-refractivity contribution in [3.63, 3.8) is 0 Å². The molecule has 2 amide bonds. The van der Waals surface area contributed by atoms with Crippen molar-refractivity contribution in [3.05, 3.63) is 17.0 Å². The van der Waals surface area contributed by atoms with Crippen LogP contribution >= 0.6 is 0 Å². The fraction of sp³-hybridized carbons (Fsp3) is 0.750. The second-order valence-electron chi connectivity index (χ2n) is 6.75. The molecule has 21 heavy (non-hydrogen) atoms. The van der Waals surface area contributed by atoms with E-state index < -0.39 is 0 Å². The summed E-state index contributed by atoms with van der Waals surface area (Å²) in [5, 5.41) is 9.95. The van der Waals surface area contributed by atoms with Crippen LogP contribution in [0, 0.1) is 31.6 Å². The van der Waals surface area contributed by atoms with Gasteiger partial charge in [-0.2, -0.15) is 0 Å². The average molecular weight is 291 g/mol. The number of nitrogens with zero attached hydrogens (tertiary/aromatic N) is 1. The molecule has 1 heterocycles. The molecule has 0 aromatic carbocycles. The molecule has 2 saturated carbocycles. The summed E-state index contributed by atoms with van der Waals surface area (Å²) in [4.78, 5) is 12.1. The number of urea groups is 1. The van der Waals surface area contributed by atoms with E-state index in [1.165, 1.54) is 25.7 Å². The van der Waals surface area contributed by atoms with Crippen molar-refractivity contribution in [3.8, 4) is 0 Å². The van der Waals surface area contributed by atoms with Gasteiger partial charge in [-0.3, -0.25) is 0 Å². The van der Waals surface area contributed by atoms with Gasteiger partial charge in [0.2, 0.25) is 0 Å². The topological polar surface area (TPSA) is 67.2 Å². The maximum absolute atomic E-state index is 12.1. The SMILES string of the molecule is Cc1noc(C)c1[C@H](C)NC(=O)NC[C@@H]1C[C@H]2CC[C@H]1C2. The molecule has 0 unspecified atom stereocenters. The Morgan fingerprint density at radius 3 is 2.76 bits per heavy atom. The molecule has 2 fully saturated rings. The number of carbonyl (C=O) groups excluding carboxylic acids is 1. The van der Waals surface area contributed by atoms with Crippen LogP contribution in [-0.2, 0) is 0 Å². The molecule has 2 aliphatic rings. The molecule has 0 radical (unpaired) electrons. The number of amides is 2. The quantitative estimate of drug-likeness (QED) is 0.895. The molecule has 3 rings (SSSR count). The second-order valence-corrected chi connectivity index (χ2v) is 6.75. The van der Waals surface area contributed by atoms with E-state index >= 15 is 0 Å². The minimum atomic E-state index is -0.0923. The molecule has 1 aromatic rings. The van der Waals surface area contributed by atoms with E-state index in [4.69, 9.17) is 4.52 Å². The fourth-order valence-electron chi connectivity index (χ4n) is 4.28. The van der Waals surface area contributed by atoms with Crippen LogP contribution < -0.4 is 10.6 Å². The minimum absolute atomic E-state index is 0.0868. The first-order valence-electron chi connectivity index (χ1n) is 8.01. The first-order valence-corrected chi connectivity index (χ1v) is 8.01. The van der Waals surface area contributed by atoms with E-state index in [9.17, 15) is 4.79 Å². The molecule has 0 saturated heterocycles. The Kier molecular flexibility index (Phi) is 3.91. The van der Waals surface area contributed by atoms with E-state index in [1.807, 2.05) is 20.8 Å². The maximum atomic E-state index is 12.1. The highest BCUT2D eigenvalue weighted by molar-refractivity contribution is 5.74. The van der Waals surface area contributed by atoms with Gasteiger partial charge >= 0.3 is 6.03 Å². The van der Waals surface area contributed by atoms with Crippen LogP contribution in [0.5, 0.6) is 0 Å². The van der Waals surface area contributed by atoms with Gasteiger partial charge in [-0.25, -0.2) is 4.79 Å². The number of carbonyl (C=O) groups is 1. The molecule has 5 heteroatoms. The zero-order valence-electron chi connectivity index (χ0n) is 13.1. The molecule has 5 nitrogen and oxygen atoms in total. The first kappa shape index (κ1) is 14.4. The van der Waals surface area contributed by atoms with E-state index in [0.717, 1.165) is 35.4 Å². The monoisotopic (exact) mass is 291 g/mol. The predicted molar refractivity (Wildman–Crippen MR) is 79.9 cm³/mol. The summed E-state index contributed by atoms with van der Waals surface area (Å²) in [6.07, 6.45) is 5.43. The lowest BCUT2D eigenvalue weighted by atomic mass is 9.89. The zero-order chi connectivity index (χ0) is 15.0. The average Bonchev–Trinajstić information content (AvgIpc) is 3.12. The largest absolute Gasteiger partial charge is 0.361 e. The van der Waals surface area contributed by atoms with E-state index in [-0.39, 0.29) is 12.1 Å². The van der Waals surface area contributed by atoms with Gasteiger partial charge in [-0.05, 0) is 57.8 Å². The summed E-state index contributed by atoms with van der Waals surface area (Å²) in [7, 11) is 0. The molecule has 2 bridgehead atoms. The highest BCUT2D eigenvalue weighted by Crippen LogP contribution is 2.47. The lowest BCUT2D eigenvalue weighted by Gasteiger charge is -2.22. The van der Waals surface area contributed by atoms with Gasteiger partial charge in [0, 0.05) is 12.1 Å². The maximum Gasteiger partial charge on any atom is 0.315 e. The van der Waals surface area contributed by atoms with E-state index in [2.05, 4.69) is 15.8 Å². The van der Waals surface area contributed by atoms with Gasteiger partial charge in [0.05, 0.1) is 11.7 Å². The molecule has 4 atom stereocenters. The summed E-state index contributed by atoms with van der Waals surface area (Å²) in [5.74, 6) is 3.22. The normalized spacial score (nSPS) is 28.6. The van der Waals surface area contributed by atoms with Crippen molar-refractivity contribution in [2.45, 2.75) is 52.5 Å². The van der Waals surface area contributed by atoms with Gasteiger partial charge in [-0.1, -0.05) is 11.6 Å². The van der Waals surface area contributed by atoms with Gasteiger partial charge in [0.25, 0.3) is 0 Å². The van der Waals surface area contributed by atoms with E-state index in [1.54, 1.807) is 0 Å². The van der Waals surface area contributed by atoms with Crippen LogP contribution in [0.1, 0.15) is 55.7 Å². The van der Waals surface area contributed by atoms with Crippen LogP contribution in [0.25, 0.3) is 0 Å². The minimum Gasteiger partial charge on any atom is -0.361 e. The highest BCUT2D eigenvalue weighted by atomic mass is 16.5. The van der Waals surface area contributed by atoms with Crippen molar-refractivity contribution in [1.29, 1.82) is 0 Å². The Hall–Kier alpha value is -1.52. The first-order chi connectivity index (χ1) is 10.0. The third kappa shape index (κ3) is 2.92. The number of hydrogen-bond donors (Lipinski definition) is 2. The van der Waals surface area contributed by atoms with Crippen LogP contribution in [0.15, 0.2) is 4.52 Å². The predicted octanol–water partition coefficient (Wildman–Crippen LogP) is 3.09. The van der Waals surface area contributed by atoms with Crippen LogP contribution in [0.3, 0.4) is 0 Å². The molecule has 0 spiro atoms. The van der Waals surface area contributed by atoms with Crippen molar-refractivity contribution in [2.24, 2.45) is 17.8 Å². The van der Waals surface area contributed by atoms with Gasteiger partial charge in [0.15, 0.2) is 0 Å². The molecular weight excluding hydrogens is 266 g/mol. The highest BCUT2D eigenvalue weighted by Gasteiger charge is 2.39. The van der Waals surface area contributed by atoms with E-state index in [0.29, 0.717) is 5.92 Å². The summed E-state index contributed by atoms with van der Waals surface area (Å²) in [6, 6.07) is -0.179. The molecule has 2 aliphatic carbocycles. The lowest BCUT2D eigenvalue weighted by Crippen LogP contribution is -2.40. The van der Waals surface area contributed by atoms with Crippen LogP contribution in [0.4, 0.5) is 4.79 Å². The summed E-state index contributed by atoms with van der Waals surface area (Å²) in [5.41, 5.74) is 1.82. The number of rotatable bonds is 4. The number of aromatic nitrogens is 1. The summed E-state index contributed by atoms with van der Waals surface area (Å²) in [6.45, 7) is 6.54. The van der Waals surface area contributed by atoms with Crippen LogP contribution in [0.2, 0.25) is 0 Å². The van der Waals surface area contributed by atoms with Crippen molar-refractivity contribution in [2.75, 3.05) is 6.54 Å².